The summed E-state index contributed by atoms with van der Waals surface area (Å²) in [6.07, 6.45) is 0. The fraction of sp³-hybridized carbons (Fsp3) is 0. The Kier molecular flexibility index (Phi) is 4.96. The van der Waals surface area contributed by atoms with Crippen molar-refractivity contribution in [3.8, 4) is 33.4 Å². The standard InChI is InChI=1S/C50H33NO/c1-2-11-34(12-3-1)39-16-8-17-40(33-39)35-23-28-41(29-24-35)51(47-21-9-15-36-13-4-6-18-43(36)47)42-30-25-38(26-31-42)44-20-10-22-48-49(44)46-32-27-37-14-5-7-19-45(37)50(46)52-48/h1-33H/i4D,6D,9D,13D,15D,18D,21D,23D,24D,28D,29D. The third-order valence-corrected chi connectivity index (χ3v) is 9.43. The van der Waals surface area contributed by atoms with Gasteiger partial charge in [0.15, 0.2) is 0 Å². The number of fused-ring (bicyclic) bond motifs is 6. The van der Waals surface area contributed by atoms with Gasteiger partial charge in [-0.05, 0) is 92.6 Å². The van der Waals surface area contributed by atoms with Crippen LogP contribution in [0.2, 0.25) is 0 Å². The summed E-state index contributed by atoms with van der Waals surface area (Å²) in [6.45, 7) is 0. The lowest BCUT2D eigenvalue weighted by Gasteiger charge is -2.27. The molecule has 2 nitrogen and oxygen atoms in total. The summed E-state index contributed by atoms with van der Waals surface area (Å²) in [5.41, 5.74) is 4.83. The minimum Gasteiger partial charge on any atom is -0.455 e. The van der Waals surface area contributed by atoms with Crippen LogP contribution in [0.1, 0.15) is 15.1 Å². The maximum absolute atomic E-state index is 9.56. The maximum atomic E-state index is 9.56. The smallest absolute Gasteiger partial charge is 0.143 e. The van der Waals surface area contributed by atoms with E-state index in [1.807, 2.05) is 91.0 Å². The van der Waals surface area contributed by atoms with E-state index in [4.69, 9.17) is 12.6 Å². The van der Waals surface area contributed by atoms with Gasteiger partial charge in [-0.25, -0.2) is 0 Å². The Morgan fingerprint density at radius 3 is 2.02 bits per heavy atom. The number of rotatable bonds is 6. The Morgan fingerprint density at radius 1 is 0.423 bits per heavy atom. The van der Waals surface area contributed by atoms with Crippen molar-refractivity contribution in [2.75, 3.05) is 4.90 Å². The molecule has 1 heterocycles. The highest BCUT2D eigenvalue weighted by Gasteiger charge is 2.18. The van der Waals surface area contributed by atoms with E-state index in [0.717, 1.165) is 49.4 Å². The highest BCUT2D eigenvalue weighted by atomic mass is 16.3. The average Bonchev–Trinajstić information content (AvgIpc) is 3.71. The van der Waals surface area contributed by atoms with Crippen molar-refractivity contribution in [3.63, 3.8) is 0 Å². The summed E-state index contributed by atoms with van der Waals surface area (Å²) in [4.78, 5) is 1.26. The maximum Gasteiger partial charge on any atom is 0.143 e. The minimum absolute atomic E-state index is 0.0376. The van der Waals surface area contributed by atoms with Crippen LogP contribution in [0, 0.1) is 0 Å². The van der Waals surface area contributed by atoms with Gasteiger partial charge in [-0.15, -0.1) is 0 Å². The molecule has 0 fully saturated rings. The number of anilines is 3. The summed E-state index contributed by atoms with van der Waals surface area (Å²) in [5.74, 6) is 0. The number of furan rings is 1. The Labute approximate surface area is 317 Å². The van der Waals surface area contributed by atoms with Crippen molar-refractivity contribution < 1.29 is 19.5 Å². The second-order valence-corrected chi connectivity index (χ2v) is 12.5. The normalized spacial score (nSPS) is 14.4. The lowest BCUT2D eigenvalue weighted by atomic mass is 9.97. The number of hydrogen-bond acceptors (Lipinski definition) is 2. The van der Waals surface area contributed by atoms with Gasteiger partial charge >= 0.3 is 0 Å². The van der Waals surface area contributed by atoms with Gasteiger partial charge in [-0.2, -0.15) is 0 Å². The van der Waals surface area contributed by atoms with E-state index in [0.29, 0.717) is 11.1 Å². The van der Waals surface area contributed by atoms with Gasteiger partial charge in [-0.1, -0.05) is 151 Å². The molecule has 0 unspecified atom stereocenters. The van der Waals surface area contributed by atoms with Gasteiger partial charge in [0.25, 0.3) is 0 Å². The largest absolute Gasteiger partial charge is 0.455 e. The summed E-state index contributed by atoms with van der Waals surface area (Å²) < 4.78 is 106. The predicted molar refractivity (Wildman–Crippen MR) is 220 cm³/mol. The van der Waals surface area contributed by atoms with Crippen LogP contribution in [0.25, 0.3) is 76.9 Å². The molecule has 10 aromatic rings. The molecule has 244 valence electrons. The summed E-state index contributed by atoms with van der Waals surface area (Å²) in [7, 11) is 0. The van der Waals surface area contributed by atoms with Gasteiger partial charge in [0.1, 0.15) is 11.2 Å². The monoisotopic (exact) mass is 674 g/mol. The molecular weight excluding hydrogens is 631 g/mol. The summed E-state index contributed by atoms with van der Waals surface area (Å²) >= 11 is 0. The Balaban J connectivity index is 1.23. The molecule has 10 rings (SSSR count). The van der Waals surface area contributed by atoms with Gasteiger partial charge in [0, 0.05) is 32.9 Å². The van der Waals surface area contributed by atoms with E-state index in [-0.39, 0.29) is 45.5 Å². The van der Waals surface area contributed by atoms with Gasteiger partial charge in [0.2, 0.25) is 0 Å². The summed E-state index contributed by atoms with van der Waals surface area (Å²) in [6, 6.07) is 35.5. The van der Waals surface area contributed by atoms with Gasteiger partial charge < -0.3 is 9.32 Å². The number of benzene rings is 9. The van der Waals surface area contributed by atoms with Crippen molar-refractivity contribution in [3.05, 3.63) is 200 Å². The zero-order valence-electron chi connectivity index (χ0n) is 38.6. The number of nitrogens with zero attached hydrogens (tertiary/aromatic N) is 1. The first-order valence-corrected chi connectivity index (χ1v) is 16.9. The molecule has 0 bridgehead atoms. The molecule has 0 atom stereocenters. The molecule has 0 saturated carbocycles. The van der Waals surface area contributed by atoms with Crippen molar-refractivity contribution in [1.82, 2.24) is 0 Å². The van der Waals surface area contributed by atoms with Crippen molar-refractivity contribution in [2.24, 2.45) is 0 Å². The number of hydrogen-bond donors (Lipinski definition) is 0. The first-order valence-electron chi connectivity index (χ1n) is 22.4. The molecular formula is C50H33NO. The van der Waals surface area contributed by atoms with Crippen LogP contribution < -0.4 is 4.90 Å². The zero-order chi connectivity index (χ0) is 44.0. The van der Waals surface area contributed by atoms with Crippen LogP contribution in [0.5, 0.6) is 0 Å². The molecule has 9 aromatic carbocycles. The minimum atomic E-state index is -0.639. The van der Waals surface area contributed by atoms with Crippen LogP contribution >= 0.6 is 0 Å². The third-order valence-electron chi connectivity index (χ3n) is 9.43. The summed E-state index contributed by atoms with van der Waals surface area (Å²) in [5, 5.41) is 3.24. The van der Waals surface area contributed by atoms with Gasteiger partial charge in [0.05, 0.1) is 20.8 Å². The van der Waals surface area contributed by atoms with Crippen molar-refractivity contribution in [1.29, 1.82) is 0 Å². The van der Waals surface area contributed by atoms with E-state index in [1.165, 1.54) is 4.90 Å². The van der Waals surface area contributed by atoms with Gasteiger partial charge in [-0.3, -0.25) is 0 Å². The molecule has 0 aliphatic heterocycles. The first kappa shape index (κ1) is 20.7. The van der Waals surface area contributed by atoms with Crippen LogP contribution in [0.15, 0.2) is 204 Å². The molecule has 1 aromatic heterocycles. The molecule has 2 heteroatoms. The van der Waals surface area contributed by atoms with E-state index in [2.05, 4.69) is 0 Å². The highest BCUT2D eigenvalue weighted by molar-refractivity contribution is 6.19. The second-order valence-electron chi connectivity index (χ2n) is 12.5. The SMILES string of the molecule is [2H]c1c([2H])c(N(c2ccc(-c3cccc4oc5c6ccccc6ccc5c34)cc2)c2c([2H])c([2H])c([2H])c3c([2H])c([2H])c([2H])c([2H])c23)c([2H])c([2H])c1-c1cccc(-c2ccccc2)c1. The van der Waals surface area contributed by atoms with E-state index < -0.39 is 54.4 Å². The lowest BCUT2D eigenvalue weighted by molar-refractivity contribution is 0.673. The van der Waals surface area contributed by atoms with Crippen LogP contribution in [-0.2, 0) is 0 Å². The molecule has 52 heavy (non-hydrogen) atoms. The van der Waals surface area contributed by atoms with Crippen LogP contribution in [0.3, 0.4) is 0 Å². The molecule has 0 saturated heterocycles. The van der Waals surface area contributed by atoms with E-state index in [9.17, 15) is 6.85 Å². The Morgan fingerprint density at radius 2 is 1.15 bits per heavy atom. The second kappa shape index (κ2) is 12.5. The molecule has 0 amide bonds. The quantitative estimate of drug-likeness (QED) is 0.175. The van der Waals surface area contributed by atoms with Crippen LogP contribution in [-0.4, -0.2) is 0 Å². The fourth-order valence-electron chi connectivity index (χ4n) is 6.97. The molecule has 0 radical (unpaired) electrons. The molecule has 0 aliphatic rings. The van der Waals surface area contributed by atoms with Crippen molar-refractivity contribution >= 4 is 60.5 Å². The topological polar surface area (TPSA) is 16.4 Å². The van der Waals surface area contributed by atoms with Crippen LogP contribution in [0.4, 0.5) is 17.1 Å². The third kappa shape index (κ3) is 5.12. The average molecular weight is 675 g/mol. The predicted octanol–water partition coefficient (Wildman–Crippen LogP) is 14.4. The first-order chi connectivity index (χ1) is 30.4. The van der Waals surface area contributed by atoms with Crippen molar-refractivity contribution in [2.45, 2.75) is 0 Å². The zero-order valence-corrected chi connectivity index (χ0v) is 27.6. The molecule has 0 aliphatic carbocycles. The Hall–Kier alpha value is -6.90. The lowest BCUT2D eigenvalue weighted by Crippen LogP contribution is -2.10. The molecule has 0 N–H and O–H groups in total. The highest BCUT2D eigenvalue weighted by Crippen LogP contribution is 2.43. The van der Waals surface area contributed by atoms with E-state index in [1.54, 1.807) is 42.5 Å². The Bertz CT molecular complexity index is 3500. The fourth-order valence-corrected chi connectivity index (χ4v) is 6.97. The molecule has 0 spiro atoms. The van der Waals surface area contributed by atoms with E-state index >= 15 is 0 Å².